The molecule has 162 valence electrons. The summed E-state index contributed by atoms with van der Waals surface area (Å²) in [5, 5.41) is 3.22. The molecule has 0 unspecified atom stereocenters. The van der Waals surface area contributed by atoms with Crippen molar-refractivity contribution in [1.29, 1.82) is 0 Å². The van der Waals surface area contributed by atoms with Crippen LogP contribution in [-0.4, -0.2) is 20.4 Å². The number of amides is 1. The molecule has 3 aromatic rings. The molecule has 3 aromatic carbocycles. The van der Waals surface area contributed by atoms with E-state index in [0.717, 1.165) is 5.56 Å². The zero-order chi connectivity index (χ0) is 22.4. The van der Waals surface area contributed by atoms with E-state index in [9.17, 15) is 17.6 Å². The van der Waals surface area contributed by atoms with Crippen molar-refractivity contribution >= 4 is 27.5 Å². The molecule has 0 aliphatic carbocycles. The summed E-state index contributed by atoms with van der Waals surface area (Å²) in [6, 6.07) is 19.1. The Morgan fingerprint density at radius 2 is 1.58 bits per heavy atom. The first-order valence-corrected chi connectivity index (χ1v) is 11.5. The van der Waals surface area contributed by atoms with Crippen molar-refractivity contribution in [3.8, 4) is 0 Å². The van der Waals surface area contributed by atoms with E-state index in [1.807, 2.05) is 30.3 Å². The lowest BCUT2D eigenvalue weighted by atomic mass is 10.0. The van der Waals surface area contributed by atoms with Crippen LogP contribution < -0.4 is 10.0 Å². The summed E-state index contributed by atoms with van der Waals surface area (Å²) in [7, 11) is -3.97. The SMILES string of the molecule is C[C@H](NC(=O)[C@H](Cc1ccccc1)NS(=O)(=O)c1ccc(Cl)cc1)c1ccc(F)cc1. The first-order chi connectivity index (χ1) is 14.7. The largest absolute Gasteiger partial charge is 0.348 e. The van der Waals surface area contributed by atoms with E-state index in [2.05, 4.69) is 10.0 Å². The van der Waals surface area contributed by atoms with Crippen LogP contribution in [0.1, 0.15) is 24.1 Å². The third kappa shape index (κ3) is 6.37. The molecule has 31 heavy (non-hydrogen) atoms. The van der Waals surface area contributed by atoms with Gasteiger partial charge in [-0.25, -0.2) is 12.8 Å². The lowest BCUT2D eigenvalue weighted by molar-refractivity contribution is -0.123. The van der Waals surface area contributed by atoms with Gasteiger partial charge in [0, 0.05) is 5.02 Å². The first-order valence-electron chi connectivity index (χ1n) is 9.62. The second-order valence-electron chi connectivity index (χ2n) is 7.10. The molecule has 0 radical (unpaired) electrons. The standard InChI is InChI=1S/C23H22ClFN2O3S/c1-16(18-7-11-20(25)12-8-18)26-23(28)22(15-17-5-3-2-4-6-17)27-31(29,30)21-13-9-19(24)10-14-21/h2-14,16,22,27H,15H2,1H3,(H,26,28)/t16-,22-/m0/s1. The molecular formula is C23H22ClFN2O3S. The molecule has 1 amide bonds. The molecule has 2 atom stereocenters. The van der Waals surface area contributed by atoms with Gasteiger partial charge in [-0.15, -0.1) is 0 Å². The Balaban J connectivity index is 1.82. The summed E-state index contributed by atoms with van der Waals surface area (Å²) in [5.74, 6) is -0.863. The minimum absolute atomic E-state index is 0.00865. The predicted molar refractivity (Wildman–Crippen MR) is 119 cm³/mol. The van der Waals surface area contributed by atoms with E-state index >= 15 is 0 Å². The maximum Gasteiger partial charge on any atom is 0.241 e. The number of rotatable bonds is 8. The molecule has 0 aliphatic rings. The second-order valence-corrected chi connectivity index (χ2v) is 9.25. The third-order valence-corrected chi connectivity index (χ3v) is 6.49. The first kappa shape index (κ1) is 22.9. The van der Waals surface area contributed by atoms with Crippen molar-refractivity contribution in [2.75, 3.05) is 0 Å². The topological polar surface area (TPSA) is 75.3 Å². The van der Waals surface area contributed by atoms with Gasteiger partial charge >= 0.3 is 0 Å². The molecule has 0 aromatic heterocycles. The van der Waals surface area contributed by atoms with Gasteiger partial charge in [-0.2, -0.15) is 4.72 Å². The molecule has 3 rings (SSSR count). The molecular weight excluding hydrogens is 439 g/mol. The summed E-state index contributed by atoms with van der Waals surface area (Å²) in [5.41, 5.74) is 1.50. The highest BCUT2D eigenvalue weighted by Crippen LogP contribution is 2.17. The van der Waals surface area contributed by atoms with Crippen LogP contribution in [0.25, 0.3) is 0 Å². The fraction of sp³-hybridized carbons (Fsp3) is 0.174. The molecule has 2 N–H and O–H groups in total. The van der Waals surface area contributed by atoms with Crippen LogP contribution in [0.15, 0.2) is 83.8 Å². The smallest absolute Gasteiger partial charge is 0.241 e. The van der Waals surface area contributed by atoms with Crippen molar-refractivity contribution in [2.45, 2.75) is 30.3 Å². The number of carbonyl (C=O) groups is 1. The highest BCUT2D eigenvalue weighted by Gasteiger charge is 2.27. The Bertz CT molecular complexity index is 1120. The van der Waals surface area contributed by atoms with Gasteiger partial charge in [-0.3, -0.25) is 4.79 Å². The third-order valence-electron chi connectivity index (χ3n) is 4.75. The van der Waals surface area contributed by atoms with E-state index in [0.29, 0.717) is 10.6 Å². The monoisotopic (exact) mass is 460 g/mol. The van der Waals surface area contributed by atoms with E-state index in [-0.39, 0.29) is 17.1 Å². The van der Waals surface area contributed by atoms with Crippen LogP contribution in [0, 0.1) is 5.82 Å². The zero-order valence-electron chi connectivity index (χ0n) is 16.8. The van der Waals surface area contributed by atoms with Gasteiger partial charge in [0.1, 0.15) is 11.9 Å². The van der Waals surface area contributed by atoms with E-state index < -0.39 is 28.0 Å². The van der Waals surface area contributed by atoms with E-state index in [4.69, 9.17) is 11.6 Å². The van der Waals surface area contributed by atoms with Gasteiger partial charge in [0.15, 0.2) is 0 Å². The van der Waals surface area contributed by atoms with Crippen LogP contribution >= 0.6 is 11.6 Å². The Morgan fingerprint density at radius 3 is 2.19 bits per heavy atom. The molecule has 0 saturated heterocycles. The van der Waals surface area contributed by atoms with Crippen molar-refractivity contribution in [3.05, 3.63) is 101 Å². The maximum atomic E-state index is 13.2. The van der Waals surface area contributed by atoms with Crippen LogP contribution in [0.2, 0.25) is 5.02 Å². The number of carbonyl (C=O) groups excluding carboxylic acids is 1. The number of nitrogens with one attached hydrogen (secondary N) is 2. The lowest BCUT2D eigenvalue weighted by Crippen LogP contribution is -2.48. The Labute approximate surface area is 186 Å². The highest BCUT2D eigenvalue weighted by atomic mass is 35.5. The number of sulfonamides is 1. The quantitative estimate of drug-likeness (QED) is 0.527. The van der Waals surface area contributed by atoms with Crippen LogP contribution in [0.3, 0.4) is 0 Å². The Kier molecular flexibility index (Phi) is 7.43. The molecule has 0 heterocycles. The van der Waals surface area contributed by atoms with Crippen molar-refractivity contribution in [3.63, 3.8) is 0 Å². The van der Waals surface area contributed by atoms with E-state index in [1.54, 1.807) is 19.1 Å². The Hall–Kier alpha value is -2.74. The molecule has 0 spiro atoms. The number of benzene rings is 3. The average molecular weight is 461 g/mol. The van der Waals surface area contributed by atoms with Gasteiger partial charge < -0.3 is 5.32 Å². The summed E-state index contributed by atoms with van der Waals surface area (Å²) >= 11 is 5.85. The van der Waals surface area contributed by atoms with Gasteiger partial charge in [-0.1, -0.05) is 54.1 Å². The summed E-state index contributed by atoms with van der Waals surface area (Å²) in [6.07, 6.45) is 0.162. The Morgan fingerprint density at radius 1 is 0.968 bits per heavy atom. The van der Waals surface area contributed by atoms with Crippen LogP contribution in [-0.2, 0) is 21.2 Å². The molecule has 5 nitrogen and oxygen atoms in total. The summed E-state index contributed by atoms with van der Waals surface area (Å²) < 4.78 is 41.4. The number of halogens is 2. The predicted octanol–water partition coefficient (Wildman–Crippen LogP) is 4.25. The minimum atomic E-state index is -3.97. The van der Waals surface area contributed by atoms with E-state index in [1.165, 1.54) is 36.4 Å². The molecule has 0 fully saturated rings. The molecule has 8 heteroatoms. The number of hydrogen-bond donors (Lipinski definition) is 2. The molecule has 0 bridgehead atoms. The summed E-state index contributed by atoms with van der Waals surface area (Å²) in [4.78, 5) is 13.0. The normalized spacial score (nSPS) is 13.4. The average Bonchev–Trinajstić information content (AvgIpc) is 2.74. The summed E-state index contributed by atoms with van der Waals surface area (Å²) in [6.45, 7) is 1.75. The van der Waals surface area contributed by atoms with Crippen LogP contribution in [0.5, 0.6) is 0 Å². The molecule has 0 saturated carbocycles. The fourth-order valence-electron chi connectivity index (χ4n) is 3.06. The van der Waals surface area contributed by atoms with Gasteiger partial charge in [0.2, 0.25) is 15.9 Å². The van der Waals surface area contributed by atoms with Crippen molar-refractivity contribution in [1.82, 2.24) is 10.0 Å². The fourth-order valence-corrected chi connectivity index (χ4v) is 4.38. The van der Waals surface area contributed by atoms with Crippen molar-refractivity contribution < 1.29 is 17.6 Å². The highest BCUT2D eigenvalue weighted by molar-refractivity contribution is 7.89. The van der Waals surface area contributed by atoms with Gasteiger partial charge in [0.05, 0.1) is 10.9 Å². The number of hydrogen-bond acceptors (Lipinski definition) is 3. The minimum Gasteiger partial charge on any atom is -0.348 e. The zero-order valence-corrected chi connectivity index (χ0v) is 18.3. The maximum absolute atomic E-state index is 13.2. The second kappa shape index (κ2) is 10.0. The van der Waals surface area contributed by atoms with Gasteiger partial charge in [-0.05, 0) is 60.9 Å². The lowest BCUT2D eigenvalue weighted by Gasteiger charge is -2.22. The van der Waals surface area contributed by atoms with Crippen LogP contribution in [0.4, 0.5) is 4.39 Å². The van der Waals surface area contributed by atoms with Gasteiger partial charge in [0.25, 0.3) is 0 Å². The molecule has 0 aliphatic heterocycles. The van der Waals surface area contributed by atoms with Crippen molar-refractivity contribution in [2.24, 2.45) is 0 Å².